The second kappa shape index (κ2) is 6.82. The number of nitrogen functional groups attached to an aromatic ring is 1. The molecular formula is C13H20N4O. The Kier molecular flexibility index (Phi) is 5.40. The summed E-state index contributed by atoms with van der Waals surface area (Å²) in [4.78, 5) is 4.07. The van der Waals surface area contributed by atoms with Gasteiger partial charge in [0.15, 0.2) is 5.69 Å². The highest BCUT2D eigenvalue weighted by atomic mass is 16.3. The van der Waals surface area contributed by atoms with Crippen molar-refractivity contribution in [3.8, 4) is 6.07 Å². The molecule has 0 aliphatic carbocycles. The van der Waals surface area contributed by atoms with Gasteiger partial charge in [-0.1, -0.05) is 26.7 Å². The Morgan fingerprint density at radius 2 is 2.11 bits per heavy atom. The quantitative estimate of drug-likeness (QED) is 0.712. The lowest BCUT2D eigenvalue weighted by atomic mass is 9.96. The Morgan fingerprint density at radius 3 is 2.67 bits per heavy atom. The lowest BCUT2D eigenvalue weighted by Crippen LogP contribution is -2.28. The van der Waals surface area contributed by atoms with Crippen LogP contribution in [-0.2, 0) is 0 Å². The predicted octanol–water partition coefficient (Wildman–Crippen LogP) is 1.74. The molecule has 98 valence electrons. The lowest BCUT2D eigenvalue weighted by molar-refractivity contribution is 0.114. The molecule has 1 heterocycles. The number of nitrogens with one attached hydrogen (secondary N) is 1. The highest BCUT2D eigenvalue weighted by Gasteiger charge is 2.15. The first-order chi connectivity index (χ1) is 8.62. The third-order valence-corrected chi connectivity index (χ3v) is 3.12. The van der Waals surface area contributed by atoms with Gasteiger partial charge in [0, 0.05) is 6.54 Å². The summed E-state index contributed by atoms with van der Waals surface area (Å²) in [5.74, 6) is 0.840. The molecule has 5 heteroatoms. The number of aliphatic hydroxyl groups is 1. The van der Waals surface area contributed by atoms with E-state index in [-0.39, 0.29) is 11.6 Å². The summed E-state index contributed by atoms with van der Waals surface area (Å²) < 4.78 is 0. The Balaban J connectivity index is 2.61. The van der Waals surface area contributed by atoms with Crippen molar-refractivity contribution < 1.29 is 5.11 Å². The molecule has 0 amide bonds. The highest BCUT2D eigenvalue weighted by Crippen LogP contribution is 2.15. The van der Waals surface area contributed by atoms with Crippen LogP contribution in [0.4, 0.5) is 11.5 Å². The smallest absolute Gasteiger partial charge is 0.165 e. The SMILES string of the molecule is CCC(CC)C(O)CNc1ccc(N)c(C#N)n1. The van der Waals surface area contributed by atoms with Gasteiger partial charge in [0.05, 0.1) is 11.8 Å². The van der Waals surface area contributed by atoms with Crippen LogP contribution in [0.15, 0.2) is 12.1 Å². The Hall–Kier alpha value is -1.80. The minimum atomic E-state index is -0.412. The summed E-state index contributed by atoms with van der Waals surface area (Å²) in [5.41, 5.74) is 6.16. The maximum Gasteiger partial charge on any atom is 0.165 e. The number of aliphatic hydroxyl groups excluding tert-OH is 1. The van der Waals surface area contributed by atoms with Crippen molar-refractivity contribution in [1.29, 1.82) is 5.26 Å². The number of nitrogens with two attached hydrogens (primary N) is 1. The van der Waals surface area contributed by atoms with Crippen molar-refractivity contribution in [2.75, 3.05) is 17.6 Å². The van der Waals surface area contributed by atoms with E-state index in [0.717, 1.165) is 12.8 Å². The zero-order chi connectivity index (χ0) is 13.5. The Bertz CT molecular complexity index is 423. The molecule has 0 bridgehead atoms. The van der Waals surface area contributed by atoms with Crippen LogP contribution in [0.3, 0.4) is 0 Å². The molecule has 0 saturated carbocycles. The van der Waals surface area contributed by atoms with Gasteiger partial charge in [-0.3, -0.25) is 0 Å². The number of rotatable bonds is 6. The number of pyridine rings is 1. The number of hydrogen-bond donors (Lipinski definition) is 3. The molecule has 0 aliphatic rings. The second-order valence-electron chi connectivity index (χ2n) is 4.27. The number of aromatic nitrogens is 1. The van der Waals surface area contributed by atoms with E-state index in [1.165, 1.54) is 0 Å². The average molecular weight is 248 g/mol. The Labute approximate surface area is 108 Å². The molecule has 0 aliphatic heterocycles. The van der Waals surface area contributed by atoms with Gasteiger partial charge < -0.3 is 16.2 Å². The van der Waals surface area contributed by atoms with Crippen molar-refractivity contribution in [2.24, 2.45) is 5.92 Å². The molecule has 5 nitrogen and oxygen atoms in total. The summed E-state index contributed by atoms with van der Waals surface area (Å²) in [6.07, 6.45) is 1.47. The topological polar surface area (TPSA) is 95.0 Å². The molecule has 1 rings (SSSR count). The predicted molar refractivity (Wildman–Crippen MR) is 71.9 cm³/mol. The fraction of sp³-hybridized carbons (Fsp3) is 0.538. The molecular weight excluding hydrogens is 228 g/mol. The lowest BCUT2D eigenvalue weighted by Gasteiger charge is -2.20. The zero-order valence-electron chi connectivity index (χ0n) is 10.8. The van der Waals surface area contributed by atoms with Gasteiger partial charge in [-0.2, -0.15) is 5.26 Å². The molecule has 0 fully saturated rings. The largest absolute Gasteiger partial charge is 0.396 e. The van der Waals surface area contributed by atoms with Gasteiger partial charge in [0.25, 0.3) is 0 Å². The van der Waals surface area contributed by atoms with Crippen molar-refractivity contribution in [3.05, 3.63) is 17.8 Å². The maximum absolute atomic E-state index is 9.97. The van der Waals surface area contributed by atoms with Crippen LogP contribution >= 0.6 is 0 Å². The average Bonchev–Trinajstić information content (AvgIpc) is 2.39. The first-order valence-electron chi connectivity index (χ1n) is 6.20. The number of nitrogens with zero attached hydrogens (tertiary/aromatic N) is 2. The standard InChI is InChI=1S/C13H20N4O/c1-3-9(4-2)12(18)8-16-13-6-5-10(15)11(7-14)17-13/h5-6,9,12,18H,3-4,8,15H2,1-2H3,(H,16,17). The molecule has 1 atom stereocenters. The second-order valence-corrected chi connectivity index (χ2v) is 4.27. The van der Waals surface area contributed by atoms with Gasteiger partial charge in [-0.25, -0.2) is 4.98 Å². The normalized spacial score (nSPS) is 12.2. The summed E-state index contributed by atoms with van der Waals surface area (Å²) in [5, 5.41) is 21.8. The summed E-state index contributed by atoms with van der Waals surface area (Å²) in [7, 11) is 0. The maximum atomic E-state index is 9.97. The molecule has 1 unspecified atom stereocenters. The van der Waals surface area contributed by atoms with Gasteiger partial charge in [0.2, 0.25) is 0 Å². The van der Waals surface area contributed by atoms with Crippen molar-refractivity contribution in [2.45, 2.75) is 32.8 Å². The molecule has 0 aromatic carbocycles. The summed E-state index contributed by atoms with van der Waals surface area (Å²) >= 11 is 0. The summed E-state index contributed by atoms with van der Waals surface area (Å²) in [6.45, 7) is 4.55. The van der Waals surface area contributed by atoms with E-state index in [1.807, 2.05) is 6.07 Å². The number of nitriles is 1. The third-order valence-electron chi connectivity index (χ3n) is 3.12. The third kappa shape index (κ3) is 3.60. The molecule has 0 radical (unpaired) electrons. The van der Waals surface area contributed by atoms with Crippen LogP contribution in [0, 0.1) is 17.2 Å². The van der Waals surface area contributed by atoms with E-state index in [2.05, 4.69) is 24.1 Å². The van der Waals surface area contributed by atoms with E-state index in [0.29, 0.717) is 18.1 Å². The van der Waals surface area contributed by atoms with Crippen LogP contribution in [0.2, 0.25) is 0 Å². The van der Waals surface area contributed by atoms with Crippen LogP contribution in [0.1, 0.15) is 32.4 Å². The van der Waals surface area contributed by atoms with Gasteiger partial charge in [-0.15, -0.1) is 0 Å². The Morgan fingerprint density at radius 1 is 1.44 bits per heavy atom. The fourth-order valence-electron chi connectivity index (χ4n) is 1.87. The van der Waals surface area contributed by atoms with Crippen LogP contribution in [-0.4, -0.2) is 22.7 Å². The van der Waals surface area contributed by atoms with Crippen LogP contribution < -0.4 is 11.1 Å². The molecule has 4 N–H and O–H groups in total. The fourth-order valence-corrected chi connectivity index (χ4v) is 1.87. The molecule has 1 aromatic heterocycles. The summed E-state index contributed by atoms with van der Waals surface area (Å²) in [6, 6.07) is 5.27. The van der Waals surface area contributed by atoms with Crippen LogP contribution in [0.25, 0.3) is 0 Å². The van der Waals surface area contributed by atoms with Crippen molar-refractivity contribution >= 4 is 11.5 Å². The van der Waals surface area contributed by atoms with Crippen molar-refractivity contribution in [1.82, 2.24) is 4.98 Å². The molecule has 0 spiro atoms. The van der Waals surface area contributed by atoms with Crippen molar-refractivity contribution in [3.63, 3.8) is 0 Å². The first-order valence-corrected chi connectivity index (χ1v) is 6.20. The van der Waals surface area contributed by atoms with E-state index in [9.17, 15) is 5.11 Å². The zero-order valence-corrected chi connectivity index (χ0v) is 10.8. The minimum Gasteiger partial charge on any atom is -0.396 e. The monoisotopic (exact) mass is 248 g/mol. The van der Waals surface area contributed by atoms with E-state index >= 15 is 0 Å². The van der Waals surface area contributed by atoms with Gasteiger partial charge in [0.1, 0.15) is 11.9 Å². The van der Waals surface area contributed by atoms with Gasteiger partial charge >= 0.3 is 0 Å². The first kappa shape index (κ1) is 14.3. The van der Waals surface area contributed by atoms with Crippen LogP contribution in [0.5, 0.6) is 0 Å². The minimum absolute atomic E-state index is 0.206. The van der Waals surface area contributed by atoms with E-state index in [1.54, 1.807) is 12.1 Å². The number of anilines is 2. The highest BCUT2D eigenvalue weighted by molar-refractivity contribution is 5.54. The molecule has 18 heavy (non-hydrogen) atoms. The number of hydrogen-bond acceptors (Lipinski definition) is 5. The van der Waals surface area contributed by atoms with Gasteiger partial charge in [-0.05, 0) is 18.1 Å². The molecule has 0 saturated heterocycles. The molecule has 1 aromatic rings. The van der Waals surface area contributed by atoms with E-state index < -0.39 is 6.10 Å². The van der Waals surface area contributed by atoms with E-state index in [4.69, 9.17) is 11.0 Å².